The highest BCUT2D eigenvalue weighted by Crippen LogP contribution is 2.40. The van der Waals surface area contributed by atoms with Crippen molar-refractivity contribution in [3.8, 4) is 0 Å². The van der Waals surface area contributed by atoms with Crippen LogP contribution in [-0.2, 0) is 17.8 Å². The van der Waals surface area contributed by atoms with Crippen LogP contribution in [0.25, 0.3) is 0 Å². The van der Waals surface area contributed by atoms with Crippen LogP contribution in [0.5, 0.6) is 0 Å². The fourth-order valence-electron chi connectivity index (χ4n) is 5.13. The largest absolute Gasteiger partial charge is 0.365 e. The van der Waals surface area contributed by atoms with Crippen LogP contribution >= 0.6 is 23.2 Å². The van der Waals surface area contributed by atoms with Crippen molar-refractivity contribution in [2.24, 2.45) is 0 Å². The Morgan fingerprint density at radius 1 is 1.10 bits per heavy atom. The van der Waals surface area contributed by atoms with Crippen LogP contribution in [0.15, 0.2) is 42.5 Å². The van der Waals surface area contributed by atoms with Gasteiger partial charge < -0.3 is 20.4 Å². The Balaban J connectivity index is 1.28. The van der Waals surface area contributed by atoms with Crippen molar-refractivity contribution in [3.63, 3.8) is 0 Å². The standard InChI is InChI=1S/C28H32Cl2FN7O/c1-18(26-22(29)6-7-23(31)27(26)30)38-9-8-32-28-24(38)15-21(34-35-28)16-25(39)33-20-5-3-4-19(14-20)17-37-12-10-36(2)11-13-37/h3-7,14-15,18H,8-13,16-17H2,1-2H3,(H,32,35)(H,33,39). The third-order valence-corrected chi connectivity index (χ3v) is 8.01. The van der Waals surface area contributed by atoms with Crippen LogP contribution in [0.4, 0.5) is 21.6 Å². The second kappa shape index (κ2) is 12.0. The van der Waals surface area contributed by atoms with Gasteiger partial charge in [-0.3, -0.25) is 9.69 Å². The number of halogens is 3. The number of fused-ring (bicyclic) bond motifs is 1. The van der Waals surface area contributed by atoms with Gasteiger partial charge in [-0.15, -0.1) is 5.10 Å². The molecule has 2 N–H and O–H groups in total. The molecule has 1 aromatic heterocycles. The lowest BCUT2D eigenvalue weighted by molar-refractivity contribution is -0.115. The Bertz CT molecular complexity index is 1350. The summed E-state index contributed by atoms with van der Waals surface area (Å²) in [5.41, 5.74) is 3.72. The number of piperazine rings is 1. The molecular weight excluding hydrogens is 540 g/mol. The Morgan fingerprint density at radius 3 is 2.69 bits per heavy atom. The molecule has 1 fully saturated rings. The maximum absolute atomic E-state index is 14.2. The van der Waals surface area contributed by atoms with E-state index >= 15 is 0 Å². The highest BCUT2D eigenvalue weighted by Gasteiger charge is 2.28. The van der Waals surface area contributed by atoms with Crippen LogP contribution < -0.4 is 15.5 Å². The molecule has 0 bridgehead atoms. The second-order valence-corrected chi connectivity index (χ2v) is 10.9. The van der Waals surface area contributed by atoms with Gasteiger partial charge in [0, 0.05) is 62.1 Å². The van der Waals surface area contributed by atoms with Gasteiger partial charge in [-0.05, 0) is 49.9 Å². The minimum absolute atomic E-state index is 0.00607. The topological polar surface area (TPSA) is 76.6 Å². The maximum atomic E-state index is 14.2. The molecule has 0 spiro atoms. The summed E-state index contributed by atoms with van der Waals surface area (Å²) in [6, 6.07) is 12.3. The number of benzene rings is 2. The van der Waals surface area contributed by atoms with Crippen molar-refractivity contribution >= 4 is 46.3 Å². The zero-order valence-electron chi connectivity index (χ0n) is 22.1. The lowest BCUT2D eigenvalue weighted by Gasteiger charge is -2.36. The average Bonchev–Trinajstić information content (AvgIpc) is 2.92. The number of likely N-dealkylation sites (N-methyl/N-ethyl adjacent to an activating group) is 1. The van der Waals surface area contributed by atoms with Gasteiger partial charge in [0.05, 0.1) is 28.9 Å². The first-order valence-electron chi connectivity index (χ1n) is 13.1. The number of hydrogen-bond donors (Lipinski definition) is 2. The maximum Gasteiger partial charge on any atom is 0.230 e. The van der Waals surface area contributed by atoms with E-state index in [2.05, 4.69) is 48.6 Å². The normalized spacial score (nSPS) is 16.9. The molecule has 39 heavy (non-hydrogen) atoms. The van der Waals surface area contributed by atoms with Gasteiger partial charge in [-0.1, -0.05) is 35.3 Å². The molecule has 0 aliphatic carbocycles. The molecule has 3 aromatic rings. The molecule has 0 radical (unpaired) electrons. The minimum atomic E-state index is -0.518. The van der Waals surface area contributed by atoms with Gasteiger partial charge >= 0.3 is 0 Å². The molecule has 3 heterocycles. The molecule has 1 atom stereocenters. The monoisotopic (exact) mass is 571 g/mol. The van der Waals surface area contributed by atoms with Gasteiger partial charge in [0.2, 0.25) is 5.91 Å². The summed E-state index contributed by atoms with van der Waals surface area (Å²) in [7, 11) is 2.14. The van der Waals surface area contributed by atoms with Crippen molar-refractivity contribution in [1.29, 1.82) is 0 Å². The van der Waals surface area contributed by atoms with E-state index in [-0.39, 0.29) is 23.4 Å². The number of amides is 1. The summed E-state index contributed by atoms with van der Waals surface area (Å²) in [6.07, 6.45) is 0.0622. The Hall–Kier alpha value is -2.98. The number of aromatic nitrogens is 2. The van der Waals surface area contributed by atoms with Crippen LogP contribution in [0, 0.1) is 5.82 Å². The number of rotatable bonds is 7. The van der Waals surface area contributed by atoms with E-state index < -0.39 is 5.82 Å². The summed E-state index contributed by atoms with van der Waals surface area (Å²) in [6.45, 7) is 8.21. The predicted molar refractivity (Wildman–Crippen MR) is 154 cm³/mol. The zero-order chi connectivity index (χ0) is 27.5. The number of hydrogen-bond acceptors (Lipinski definition) is 7. The van der Waals surface area contributed by atoms with Crippen LogP contribution in [0.3, 0.4) is 0 Å². The SMILES string of the molecule is CC(c1c(Cl)ccc(F)c1Cl)N1CCNc2nnc(CC(=O)Nc3cccc(CN4CCN(C)CC4)c3)cc21. The van der Waals surface area contributed by atoms with E-state index in [1.165, 1.54) is 12.1 Å². The first-order chi connectivity index (χ1) is 18.8. The Morgan fingerprint density at radius 2 is 1.90 bits per heavy atom. The summed E-state index contributed by atoms with van der Waals surface area (Å²) in [5, 5.41) is 15.2. The molecule has 2 aromatic carbocycles. The smallest absolute Gasteiger partial charge is 0.230 e. The van der Waals surface area contributed by atoms with Crippen molar-refractivity contribution in [3.05, 3.63) is 75.1 Å². The second-order valence-electron chi connectivity index (χ2n) is 10.1. The Kier molecular flexibility index (Phi) is 8.52. The predicted octanol–water partition coefficient (Wildman–Crippen LogP) is 4.84. The van der Waals surface area contributed by atoms with Crippen LogP contribution in [-0.4, -0.2) is 72.2 Å². The fraction of sp³-hybridized carbons (Fsp3) is 0.393. The van der Waals surface area contributed by atoms with Crippen LogP contribution in [0.2, 0.25) is 10.0 Å². The molecule has 2 aliphatic heterocycles. The number of nitrogens with zero attached hydrogens (tertiary/aromatic N) is 5. The van der Waals surface area contributed by atoms with E-state index in [1.807, 2.05) is 31.2 Å². The molecular formula is C28H32Cl2FN7O. The third kappa shape index (κ3) is 6.44. The van der Waals surface area contributed by atoms with Gasteiger partial charge in [0.1, 0.15) is 5.82 Å². The molecule has 8 nitrogen and oxygen atoms in total. The summed E-state index contributed by atoms with van der Waals surface area (Å²) >= 11 is 12.7. The van der Waals surface area contributed by atoms with E-state index in [0.29, 0.717) is 35.2 Å². The van der Waals surface area contributed by atoms with Gasteiger partial charge in [-0.25, -0.2) is 4.39 Å². The lowest BCUT2D eigenvalue weighted by atomic mass is 10.0. The van der Waals surface area contributed by atoms with E-state index in [9.17, 15) is 9.18 Å². The van der Waals surface area contributed by atoms with E-state index in [0.717, 1.165) is 49.7 Å². The van der Waals surface area contributed by atoms with Crippen LogP contribution in [0.1, 0.15) is 29.8 Å². The van der Waals surface area contributed by atoms with E-state index in [1.54, 1.807) is 0 Å². The summed E-state index contributed by atoms with van der Waals surface area (Å²) in [4.78, 5) is 19.8. The first-order valence-corrected chi connectivity index (χ1v) is 13.8. The van der Waals surface area contributed by atoms with E-state index in [4.69, 9.17) is 23.2 Å². The lowest BCUT2D eigenvalue weighted by Crippen LogP contribution is -2.43. The molecule has 1 saturated heterocycles. The number of carbonyl (C=O) groups excluding carboxylic acids is 1. The van der Waals surface area contributed by atoms with Crippen molar-refractivity contribution < 1.29 is 9.18 Å². The number of nitrogens with one attached hydrogen (secondary N) is 2. The molecule has 206 valence electrons. The quantitative estimate of drug-likeness (QED) is 0.393. The molecule has 11 heteroatoms. The number of carbonyl (C=O) groups is 1. The van der Waals surface area contributed by atoms with Crippen molar-refractivity contribution in [2.45, 2.75) is 25.9 Å². The molecule has 0 saturated carbocycles. The molecule has 2 aliphatic rings. The molecule has 1 amide bonds. The molecule has 1 unspecified atom stereocenters. The Labute approximate surface area is 238 Å². The highest BCUT2D eigenvalue weighted by molar-refractivity contribution is 6.36. The third-order valence-electron chi connectivity index (χ3n) is 7.30. The zero-order valence-corrected chi connectivity index (χ0v) is 23.6. The summed E-state index contributed by atoms with van der Waals surface area (Å²) in [5.74, 6) is -0.103. The molecule has 5 rings (SSSR count). The van der Waals surface area contributed by atoms with Gasteiger partial charge in [0.15, 0.2) is 5.82 Å². The first kappa shape index (κ1) is 27.6. The van der Waals surface area contributed by atoms with Crippen molar-refractivity contribution in [1.82, 2.24) is 20.0 Å². The minimum Gasteiger partial charge on any atom is -0.365 e. The van der Waals surface area contributed by atoms with Gasteiger partial charge in [0.25, 0.3) is 0 Å². The summed E-state index contributed by atoms with van der Waals surface area (Å²) < 4.78 is 14.2. The highest BCUT2D eigenvalue weighted by atomic mass is 35.5. The van der Waals surface area contributed by atoms with Gasteiger partial charge in [-0.2, -0.15) is 5.10 Å². The number of anilines is 3. The fourth-order valence-corrected chi connectivity index (χ4v) is 5.82. The van der Waals surface area contributed by atoms with Crippen molar-refractivity contribution in [2.75, 3.05) is 61.8 Å². The average molecular weight is 573 g/mol.